The summed E-state index contributed by atoms with van der Waals surface area (Å²) in [5, 5.41) is 3.48. The minimum Gasteiger partial charge on any atom is -0.493 e. The van der Waals surface area contributed by atoms with Crippen LogP contribution >= 0.6 is 0 Å². The Morgan fingerprint density at radius 1 is 1.14 bits per heavy atom. The lowest BCUT2D eigenvalue weighted by Gasteiger charge is -2.33. The van der Waals surface area contributed by atoms with E-state index in [-0.39, 0.29) is 18.0 Å². The number of likely N-dealkylation sites (tertiary alicyclic amines) is 1. The van der Waals surface area contributed by atoms with Crippen LogP contribution in [-0.2, 0) is 9.53 Å². The first-order valence-electron chi connectivity index (χ1n) is 10.9. The fourth-order valence-corrected chi connectivity index (χ4v) is 4.04. The van der Waals surface area contributed by atoms with Gasteiger partial charge in [-0.25, -0.2) is 0 Å². The molecule has 0 amide bonds. The largest absolute Gasteiger partial charge is 0.493 e. The van der Waals surface area contributed by atoms with Gasteiger partial charge in [-0.1, -0.05) is 0 Å². The number of carbonyl (C=O) groups excluding carboxylic acids is 1. The zero-order valence-corrected chi connectivity index (χ0v) is 18.3. The van der Waals surface area contributed by atoms with E-state index in [1.807, 2.05) is 39.0 Å². The molecule has 1 N–H and O–H groups in total. The summed E-state index contributed by atoms with van der Waals surface area (Å²) in [5.41, 5.74) is 0.564. The number of nitrogens with one attached hydrogen (secondary N) is 1. The maximum absolute atomic E-state index is 12.4. The van der Waals surface area contributed by atoms with Crippen LogP contribution in [0.4, 0.5) is 5.69 Å². The number of piperidine rings is 1. The first-order chi connectivity index (χ1) is 13.8. The van der Waals surface area contributed by atoms with Gasteiger partial charge in [0, 0.05) is 18.3 Å². The molecule has 0 radical (unpaired) electrons. The van der Waals surface area contributed by atoms with Gasteiger partial charge < -0.3 is 19.5 Å². The summed E-state index contributed by atoms with van der Waals surface area (Å²) in [7, 11) is 1.68. The minimum absolute atomic E-state index is 0.0538. The Balaban J connectivity index is 1.55. The highest BCUT2D eigenvalue weighted by Crippen LogP contribution is 2.34. The molecule has 6 heteroatoms. The lowest BCUT2D eigenvalue weighted by Crippen LogP contribution is -2.43. The first-order valence-corrected chi connectivity index (χ1v) is 10.9. The van der Waals surface area contributed by atoms with Crippen molar-refractivity contribution in [2.24, 2.45) is 5.92 Å². The number of hydrogen-bond acceptors (Lipinski definition) is 6. The van der Waals surface area contributed by atoms with E-state index < -0.39 is 5.60 Å². The normalized spacial score (nSPS) is 21.0. The second-order valence-corrected chi connectivity index (χ2v) is 9.17. The van der Waals surface area contributed by atoms with Crippen LogP contribution < -0.4 is 14.8 Å². The van der Waals surface area contributed by atoms with Gasteiger partial charge in [0.2, 0.25) is 0 Å². The van der Waals surface area contributed by atoms with Crippen LogP contribution in [-0.4, -0.2) is 49.4 Å². The summed E-state index contributed by atoms with van der Waals surface area (Å²) >= 11 is 0. The van der Waals surface area contributed by atoms with E-state index in [2.05, 4.69) is 10.2 Å². The quantitative estimate of drug-likeness (QED) is 0.678. The predicted octanol–water partition coefficient (Wildman–Crippen LogP) is 4.44. The molecule has 2 aliphatic rings. The Bertz CT molecular complexity index is 680. The van der Waals surface area contributed by atoms with Gasteiger partial charge in [-0.05, 0) is 78.0 Å². The maximum Gasteiger partial charge on any atom is 0.310 e. The monoisotopic (exact) mass is 404 g/mol. The lowest BCUT2D eigenvalue weighted by atomic mass is 9.98. The molecule has 1 saturated heterocycles. The van der Waals surface area contributed by atoms with Crippen molar-refractivity contribution in [1.82, 2.24) is 4.90 Å². The number of nitrogens with zero attached hydrogens (tertiary/aromatic N) is 1. The molecule has 0 spiro atoms. The molecule has 1 saturated carbocycles. The first kappa shape index (κ1) is 21.8. The zero-order valence-electron chi connectivity index (χ0n) is 18.3. The molecular formula is C23H36N2O4. The number of carbonyl (C=O) groups is 1. The molecule has 0 bridgehead atoms. The second-order valence-electron chi connectivity index (χ2n) is 9.17. The van der Waals surface area contributed by atoms with Crippen LogP contribution in [0.2, 0.25) is 0 Å². The molecule has 1 heterocycles. The Morgan fingerprint density at radius 3 is 2.59 bits per heavy atom. The highest BCUT2D eigenvalue weighted by atomic mass is 16.6. The van der Waals surface area contributed by atoms with Crippen molar-refractivity contribution in [3.8, 4) is 11.5 Å². The van der Waals surface area contributed by atoms with E-state index in [9.17, 15) is 4.79 Å². The van der Waals surface area contributed by atoms with Crippen molar-refractivity contribution in [3.63, 3.8) is 0 Å². The third kappa shape index (κ3) is 6.53. The molecule has 1 aromatic carbocycles. The number of methoxy groups -OCH3 is 1. The smallest absolute Gasteiger partial charge is 0.310 e. The van der Waals surface area contributed by atoms with Gasteiger partial charge in [0.15, 0.2) is 11.5 Å². The van der Waals surface area contributed by atoms with E-state index in [0.29, 0.717) is 6.67 Å². The van der Waals surface area contributed by atoms with Crippen molar-refractivity contribution in [2.75, 3.05) is 32.2 Å². The van der Waals surface area contributed by atoms with Crippen LogP contribution in [0.25, 0.3) is 0 Å². The number of benzene rings is 1. The van der Waals surface area contributed by atoms with Crippen LogP contribution in [0.1, 0.15) is 59.3 Å². The Labute approximate surface area is 174 Å². The SMILES string of the molecule is COc1ccc(NCN2CCCC(C(=O)OC(C)(C)C)C2)cc1OC1CCCC1. The van der Waals surface area contributed by atoms with Crippen molar-refractivity contribution in [2.45, 2.75) is 71.0 Å². The van der Waals surface area contributed by atoms with Crippen molar-refractivity contribution < 1.29 is 19.0 Å². The van der Waals surface area contributed by atoms with Gasteiger partial charge in [0.1, 0.15) is 5.60 Å². The molecule has 1 atom stereocenters. The molecule has 0 aromatic heterocycles. The summed E-state index contributed by atoms with van der Waals surface area (Å²) < 4.78 is 17.2. The van der Waals surface area contributed by atoms with Gasteiger partial charge in [0.05, 0.1) is 25.8 Å². The molecule has 2 fully saturated rings. The standard InChI is InChI=1S/C23H36N2O4/c1-23(2,3)29-22(26)17-8-7-13-25(15-17)16-24-18-11-12-20(27-4)21(14-18)28-19-9-5-6-10-19/h11-12,14,17,19,24H,5-10,13,15-16H2,1-4H3. The average Bonchev–Trinajstić information content (AvgIpc) is 3.18. The summed E-state index contributed by atoms with van der Waals surface area (Å²) in [6, 6.07) is 5.98. The number of ether oxygens (including phenoxy) is 3. The molecule has 6 nitrogen and oxygen atoms in total. The highest BCUT2D eigenvalue weighted by Gasteiger charge is 2.29. The van der Waals surface area contributed by atoms with E-state index in [4.69, 9.17) is 14.2 Å². The number of hydrogen-bond donors (Lipinski definition) is 1. The van der Waals surface area contributed by atoms with Crippen LogP contribution in [0.3, 0.4) is 0 Å². The maximum atomic E-state index is 12.4. The molecule has 1 unspecified atom stereocenters. The van der Waals surface area contributed by atoms with Gasteiger partial charge in [0.25, 0.3) is 0 Å². The third-order valence-electron chi connectivity index (χ3n) is 5.51. The van der Waals surface area contributed by atoms with Crippen LogP contribution in [0.5, 0.6) is 11.5 Å². The van der Waals surface area contributed by atoms with Gasteiger partial charge in [-0.2, -0.15) is 0 Å². The second kappa shape index (κ2) is 9.70. The van der Waals surface area contributed by atoms with Crippen molar-refractivity contribution in [1.29, 1.82) is 0 Å². The van der Waals surface area contributed by atoms with E-state index in [1.54, 1.807) is 7.11 Å². The minimum atomic E-state index is -0.434. The Morgan fingerprint density at radius 2 is 1.90 bits per heavy atom. The highest BCUT2D eigenvalue weighted by molar-refractivity contribution is 5.73. The third-order valence-corrected chi connectivity index (χ3v) is 5.51. The van der Waals surface area contributed by atoms with Gasteiger partial charge in [-0.3, -0.25) is 9.69 Å². The Hall–Kier alpha value is -1.95. The average molecular weight is 405 g/mol. The molecular weight excluding hydrogens is 368 g/mol. The molecule has 162 valence electrons. The molecule has 1 aromatic rings. The van der Waals surface area contributed by atoms with E-state index in [1.165, 1.54) is 12.8 Å². The fraction of sp³-hybridized carbons (Fsp3) is 0.696. The summed E-state index contributed by atoms with van der Waals surface area (Å²) in [6.07, 6.45) is 6.88. The van der Waals surface area contributed by atoms with Crippen LogP contribution in [0.15, 0.2) is 18.2 Å². The molecule has 1 aliphatic heterocycles. The number of anilines is 1. The van der Waals surface area contributed by atoms with Gasteiger partial charge in [-0.15, -0.1) is 0 Å². The molecule has 3 rings (SSSR count). The molecule has 29 heavy (non-hydrogen) atoms. The fourth-order valence-electron chi connectivity index (χ4n) is 4.04. The van der Waals surface area contributed by atoms with Crippen molar-refractivity contribution in [3.05, 3.63) is 18.2 Å². The topological polar surface area (TPSA) is 60.0 Å². The number of esters is 1. The lowest BCUT2D eigenvalue weighted by molar-refractivity contribution is -0.161. The summed E-state index contributed by atoms with van der Waals surface area (Å²) in [5.74, 6) is 1.43. The van der Waals surface area contributed by atoms with Crippen molar-refractivity contribution >= 4 is 11.7 Å². The van der Waals surface area contributed by atoms with Crippen LogP contribution in [0, 0.1) is 5.92 Å². The zero-order chi connectivity index (χ0) is 20.9. The summed E-state index contributed by atoms with van der Waals surface area (Å²) in [4.78, 5) is 14.7. The predicted molar refractivity (Wildman–Crippen MR) is 115 cm³/mol. The van der Waals surface area contributed by atoms with Gasteiger partial charge >= 0.3 is 5.97 Å². The van der Waals surface area contributed by atoms with E-state index >= 15 is 0 Å². The molecule has 1 aliphatic carbocycles. The number of rotatable bonds is 7. The Kier molecular flexibility index (Phi) is 7.28. The summed E-state index contributed by atoms with van der Waals surface area (Å²) in [6.45, 7) is 8.15. The van der Waals surface area contributed by atoms with E-state index in [0.717, 1.165) is 56.0 Å².